The van der Waals surface area contributed by atoms with Crippen LogP contribution < -0.4 is 9.47 Å². The molecule has 0 unspecified atom stereocenters. The summed E-state index contributed by atoms with van der Waals surface area (Å²) in [6.07, 6.45) is 0. The second kappa shape index (κ2) is 5.74. The van der Waals surface area contributed by atoms with Crippen LogP contribution in [-0.4, -0.2) is 13.1 Å². The molecule has 0 saturated heterocycles. The Labute approximate surface area is 117 Å². The van der Waals surface area contributed by atoms with Crippen LogP contribution in [0.5, 0.6) is 11.5 Å². The Kier molecular flexibility index (Phi) is 4.03. The van der Waals surface area contributed by atoms with E-state index in [1.807, 2.05) is 19.9 Å². The van der Waals surface area contributed by atoms with Gasteiger partial charge in [-0.1, -0.05) is 6.07 Å². The second-order valence-electron chi connectivity index (χ2n) is 4.56. The van der Waals surface area contributed by atoms with E-state index in [1.54, 1.807) is 12.1 Å². The maximum Gasteiger partial charge on any atom is 0.347 e. The summed E-state index contributed by atoms with van der Waals surface area (Å²) in [5, 5.41) is 0. The maximum atomic E-state index is 13.2. The molecule has 2 aromatic rings. The van der Waals surface area contributed by atoms with Crippen LogP contribution in [0.25, 0.3) is 0 Å². The molecule has 0 aliphatic rings. The number of benzene rings is 2. The molecule has 0 aliphatic carbocycles. The third kappa shape index (κ3) is 3.15. The molecule has 4 heteroatoms. The van der Waals surface area contributed by atoms with Crippen LogP contribution in [0.15, 0.2) is 36.4 Å². The lowest BCUT2D eigenvalue weighted by atomic mass is 10.1. The van der Waals surface area contributed by atoms with Crippen molar-refractivity contribution in [2.75, 3.05) is 7.11 Å². The number of esters is 1. The number of carbonyl (C=O) groups is 1. The fourth-order valence-corrected chi connectivity index (χ4v) is 1.99. The van der Waals surface area contributed by atoms with Crippen LogP contribution in [0.1, 0.15) is 21.5 Å². The van der Waals surface area contributed by atoms with Crippen molar-refractivity contribution >= 4 is 5.97 Å². The summed E-state index contributed by atoms with van der Waals surface area (Å²) in [6.45, 7) is 3.82. The van der Waals surface area contributed by atoms with Gasteiger partial charge in [-0.25, -0.2) is 9.18 Å². The zero-order valence-corrected chi connectivity index (χ0v) is 11.6. The van der Waals surface area contributed by atoms with Gasteiger partial charge in [0.15, 0.2) is 0 Å². The number of halogens is 1. The highest BCUT2D eigenvalue weighted by molar-refractivity contribution is 5.94. The molecule has 20 heavy (non-hydrogen) atoms. The van der Waals surface area contributed by atoms with Crippen LogP contribution in [-0.2, 0) is 0 Å². The number of rotatable bonds is 3. The largest absolute Gasteiger partial charge is 0.496 e. The fraction of sp³-hybridized carbons (Fsp3) is 0.188. The van der Waals surface area contributed by atoms with Gasteiger partial charge in [0, 0.05) is 0 Å². The van der Waals surface area contributed by atoms with E-state index >= 15 is 0 Å². The van der Waals surface area contributed by atoms with E-state index in [0.717, 1.165) is 17.2 Å². The molecule has 0 radical (unpaired) electrons. The van der Waals surface area contributed by atoms with E-state index in [9.17, 15) is 9.18 Å². The van der Waals surface area contributed by atoms with Crippen molar-refractivity contribution in [3.05, 3.63) is 58.9 Å². The van der Waals surface area contributed by atoms with E-state index < -0.39 is 11.8 Å². The molecular weight excluding hydrogens is 259 g/mol. The summed E-state index contributed by atoms with van der Waals surface area (Å²) in [7, 11) is 1.42. The van der Waals surface area contributed by atoms with E-state index in [1.165, 1.54) is 19.2 Å². The third-order valence-electron chi connectivity index (χ3n) is 2.79. The lowest BCUT2D eigenvalue weighted by Crippen LogP contribution is -2.10. The monoisotopic (exact) mass is 274 g/mol. The van der Waals surface area contributed by atoms with Gasteiger partial charge in [-0.2, -0.15) is 0 Å². The quantitative estimate of drug-likeness (QED) is 0.633. The smallest absolute Gasteiger partial charge is 0.347 e. The van der Waals surface area contributed by atoms with Crippen molar-refractivity contribution in [1.29, 1.82) is 0 Å². The SMILES string of the molecule is COc1ccc(F)cc1C(=O)Oc1cc(C)cc(C)c1. The van der Waals surface area contributed by atoms with Crippen LogP contribution in [0.4, 0.5) is 4.39 Å². The first-order chi connectivity index (χ1) is 9.49. The average molecular weight is 274 g/mol. The summed E-state index contributed by atoms with van der Waals surface area (Å²) in [5.41, 5.74) is 2.03. The van der Waals surface area contributed by atoms with Crippen LogP contribution >= 0.6 is 0 Å². The van der Waals surface area contributed by atoms with Crippen molar-refractivity contribution in [2.24, 2.45) is 0 Å². The van der Waals surface area contributed by atoms with Crippen molar-refractivity contribution < 1.29 is 18.7 Å². The number of aryl methyl sites for hydroxylation is 2. The van der Waals surface area contributed by atoms with Crippen molar-refractivity contribution in [3.63, 3.8) is 0 Å². The zero-order chi connectivity index (χ0) is 14.7. The molecule has 0 saturated carbocycles. The van der Waals surface area contributed by atoms with Crippen LogP contribution in [0.3, 0.4) is 0 Å². The molecule has 0 amide bonds. The van der Waals surface area contributed by atoms with E-state index in [4.69, 9.17) is 9.47 Å². The van der Waals surface area contributed by atoms with Gasteiger partial charge in [0.25, 0.3) is 0 Å². The second-order valence-corrected chi connectivity index (χ2v) is 4.56. The Morgan fingerprint density at radius 1 is 1.05 bits per heavy atom. The molecule has 0 bridgehead atoms. The first-order valence-corrected chi connectivity index (χ1v) is 6.13. The average Bonchev–Trinajstić information content (AvgIpc) is 2.37. The molecule has 0 heterocycles. The minimum absolute atomic E-state index is 0.0617. The van der Waals surface area contributed by atoms with Gasteiger partial charge in [0.2, 0.25) is 0 Å². The summed E-state index contributed by atoms with van der Waals surface area (Å²) in [4.78, 5) is 12.1. The van der Waals surface area contributed by atoms with Gasteiger partial charge in [0.1, 0.15) is 22.9 Å². The van der Waals surface area contributed by atoms with Crippen molar-refractivity contribution in [2.45, 2.75) is 13.8 Å². The molecular formula is C16H15FO3. The van der Waals surface area contributed by atoms with Gasteiger partial charge < -0.3 is 9.47 Å². The summed E-state index contributed by atoms with van der Waals surface area (Å²) in [5.74, 6) is -0.455. The van der Waals surface area contributed by atoms with Gasteiger partial charge >= 0.3 is 5.97 Å². The highest BCUT2D eigenvalue weighted by atomic mass is 19.1. The number of ether oxygens (including phenoxy) is 2. The number of methoxy groups -OCH3 is 1. The van der Waals surface area contributed by atoms with E-state index in [0.29, 0.717) is 5.75 Å². The molecule has 104 valence electrons. The predicted molar refractivity (Wildman–Crippen MR) is 73.8 cm³/mol. The Hall–Kier alpha value is -2.36. The maximum absolute atomic E-state index is 13.2. The zero-order valence-electron chi connectivity index (χ0n) is 11.6. The number of hydrogen-bond donors (Lipinski definition) is 0. The van der Waals surface area contributed by atoms with Crippen molar-refractivity contribution in [1.82, 2.24) is 0 Å². The Balaban J connectivity index is 2.30. The van der Waals surface area contributed by atoms with Gasteiger partial charge in [-0.3, -0.25) is 0 Å². The molecule has 0 N–H and O–H groups in total. The molecule has 0 atom stereocenters. The molecule has 2 aromatic carbocycles. The summed E-state index contributed by atoms with van der Waals surface area (Å²) in [6, 6.07) is 9.19. The van der Waals surface area contributed by atoms with Gasteiger partial charge in [0.05, 0.1) is 7.11 Å². The topological polar surface area (TPSA) is 35.5 Å². The fourth-order valence-electron chi connectivity index (χ4n) is 1.99. The Morgan fingerprint density at radius 3 is 2.30 bits per heavy atom. The minimum atomic E-state index is -0.647. The predicted octanol–water partition coefficient (Wildman–Crippen LogP) is 3.67. The van der Waals surface area contributed by atoms with Gasteiger partial charge in [-0.05, 0) is 55.3 Å². The highest BCUT2D eigenvalue weighted by Gasteiger charge is 2.16. The van der Waals surface area contributed by atoms with Crippen molar-refractivity contribution in [3.8, 4) is 11.5 Å². The van der Waals surface area contributed by atoms with Gasteiger partial charge in [-0.15, -0.1) is 0 Å². The minimum Gasteiger partial charge on any atom is -0.496 e. The molecule has 0 fully saturated rings. The Morgan fingerprint density at radius 2 is 1.70 bits per heavy atom. The molecule has 0 aliphatic heterocycles. The standard InChI is InChI=1S/C16H15FO3/c1-10-6-11(2)8-13(7-10)20-16(18)14-9-12(17)4-5-15(14)19-3/h4-9H,1-3H3. The molecule has 2 rings (SSSR count). The normalized spacial score (nSPS) is 10.2. The van der Waals surface area contributed by atoms with Crippen LogP contribution in [0, 0.1) is 19.7 Å². The van der Waals surface area contributed by atoms with E-state index in [2.05, 4.69) is 0 Å². The number of hydrogen-bond acceptors (Lipinski definition) is 3. The first kappa shape index (κ1) is 14.1. The molecule has 0 aromatic heterocycles. The summed E-state index contributed by atoms with van der Waals surface area (Å²) < 4.78 is 23.6. The Bertz CT molecular complexity index is 630. The van der Waals surface area contributed by atoms with Crippen LogP contribution in [0.2, 0.25) is 0 Å². The number of carbonyl (C=O) groups excluding carboxylic acids is 1. The molecule has 0 spiro atoms. The highest BCUT2D eigenvalue weighted by Crippen LogP contribution is 2.23. The first-order valence-electron chi connectivity index (χ1n) is 6.13. The lowest BCUT2D eigenvalue weighted by Gasteiger charge is -2.09. The third-order valence-corrected chi connectivity index (χ3v) is 2.79. The lowest BCUT2D eigenvalue weighted by molar-refractivity contribution is 0.0730. The summed E-state index contributed by atoms with van der Waals surface area (Å²) >= 11 is 0. The van der Waals surface area contributed by atoms with E-state index in [-0.39, 0.29) is 11.3 Å². The molecule has 3 nitrogen and oxygen atoms in total.